The van der Waals surface area contributed by atoms with Crippen molar-refractivity contribution in [2.75, 3.05) is 44.2 Å². The van der Waals surface area contributed by atoms with Gasteiger partial charge in [0, 0.05) is 44.8 Å². The molecular formula is C23H35N5O2. The normalized spacial score (nSPS) is 22.8. The van der Waals surface area contributed by atoms with E-state index < -0.39 is 0 Å². The van der Waals surface area contributed by atoms with Crippen molar-refractivity contribution in [2.45, 2.75) is 57.5 Å². The van der Waals surface area contributed by atoms with Crippen molar-refractivity contribution in [3.63, 3.8) is 0 Å². The lowest BCUT2D eigenvalue weighted by molar-refractivity contribution is -0.121. The van der Waals surface area contributed by atoms with Crippen molar-refractivity contribution < 1.29 is 9.53 Å². The van der Waals surface area contributed by atoms with Crippen LogP contribution >= 0.6 is 0 Å². The number of fused-ring (bicyclic) bond motifs is 1. The van der Waals surface area contributed by atoms with E-state index in [0.29, 0.717) is 19.1 Å². The Morgan fingerprint density at radius 1 is 1.23 bits per heavy atom. The van der Waals surface area contributed by atoms with Crippen molar-refractivity contribution in [3.8, 4) is 5.75 Å². The van der Waals surface area contributed by atoms with Gasteiger partial charge in [0.2, 0.25) is 0 Å². The van der Waals surface area contributed by atoms with Crippen LogP contribution in [0.2, 0.25) is 0 Å². The van der Waals surface area contributed by atoms with Crippen molar-refractivity contribution in [2.24, 2.45) is 4.99 Å². The number of hydrogen-bond acceptors (Lipinski definition) is 4. The number of hydrogen-bond donors (Lipinski definition) is 2. The highest BCUT2D eigenvalue weighted by Gasteiger charge is 2.30. The van der Waals surface area contributed by atoms with Crippen LogP contribution < -0.4 is 20.3 Å². The average molecular weight is 414 g/mol. The topological polar surface area (TPSA) is 69.2 Å². The number of para-hydroxylation sites is 2. The van der Waals surface area contributed by atoms with Crippen LogP contribution in [-0.4, -0.2) is 68.2 Å². The van der Waals surface area contributed by atoms with Gasteiger partial charge in [-0.15, -0.1) is 0 Å². The van der Waals surface area contributed by atoms with Crippen LogP contribution in [0.25, 0.3) is 0 Å². The molecule has 1 atom stereocenters. The molecule has 0 radical (unpaired) electrons. The number of rotatable bonds is 7. The van der Waals surface area contributed by atoms with E-state index in [9.17, 15) is 4.79 Å². The molecule has 1 aromatic carbocycles. The van der Waals surface area contributed by atoms with E-state index in [1.165, 1.54) is 38.6 Å². The first kappa shape index (κ1) is 21.0. The maximum absolute atomic E-state index is 12.3. The van der Waals surface area contributed by atoms with Gasteiger partial charge < -0.3 is 20.3 Å². The first-order chi connectivity index (χ1) is 14.7. The monoisotopic (exact) mass is 413 g/mol. The Hall–Kier alpha value is -2.28. The Balaban J connectivity index is 1.27. The number of nitrogens with zero attached hydrogens (tertiary/aromatic N) is 3. The third-order valence-electron chi connectivity index (χ3n) is 6.36. The fraction of sp³-hybridized carbons (Fsp3) is 0.652. The van der Waals surface area contributed by atoms with Crippen LogP contribution in [0.5, 0.6) is 5.75 Å². The van der Waals surface area contributed by atoms with Gasteiger partial charge in [-0.2, -0.15) is 0 Å². The standard InChI is InChI=1S/C23H35N5O2/c1-2-24-23(26-18-12-15-27(16-18)19-8-3-4-9-19)25-13-7-14-28-20-10-5-6-11-21(20)30-17-22(28)29/h5-6,10-11,18-19H,2-4,7-9,12-17H2,1H3,(H2,24,25,26). The first-order valence-electron chi connectivity index (χ1n) is 11.6. The highest BCUT2D eigenvalue weighted by Crippen LogP contribution is 2.31. The highest BCUT2D eigenvalue weighted by atomic mass is 16.5. The molecule has 4 rings (SSSR count). The highest BCUT2D eigenvalue weighted by molar-refractivity contribution is 5.97. The number of carbonyl (C=O) groups excluding carboxylic acids is 1. The molecule has 1 aromatic rings. The summed E-state index contributed by atoms with van der Waals surface area (Å²) in [4.78, 5) is 21.6. The van der Waals surface area contributed by atoms with Crippen LogP contribution in [0.1, 0.15) is 45.4 Å². The molecule has 164 valence electrons. The third-order valence-corrected chi connectivity index (χ3v) is 6.36. The van der Waals surface area contributed by atoms with Crippen LogP contribution in [-0.2, 0) is 4.79 Å². The zero-order valence-electron chi connectivity index (χ0n) is 18.1. The molecule has 1 saturated carbocycles. The summed E-state index contributed by atoms with van der Waals surface area (Å²) in [7, 11) is 0. The number of carbonyl (C=O) groups is 1. The molecule has 1 amide bonds. The molecule has 0 aromatic heterocycles. The van der Waals surface area contributed by atoms with Crippen molar-refractivity contribution in [1.82, 2.24) is 15.5 Å². The second kappa shape index (κ2) is 10.2. The second-order valence-electron chi connectivity index (χ2n) is 8.48. The molecule has 3 aliphatic rings. The Morgan fingerprint density at radius 3 is 2.90 bits per heavy atom. The van der Waals surface area contributed by atoms with Gasteiger partial charge in [0.05, 0.1) is 5.69 Å². The molecule has 0 bridgehead atoms. The number of nitrogens with one attached hydrogen (secondary N) is 2. The van der Waals surface area contributed by atoms with Gasteiger partial charge in [-0.25, -0.2) is 0 Å². The third kappa shape index (κ3) is 5.06. The zero-order valence-corrected chi connectivity index (χ0v) is 18.1. The number of guanidine groups is 1. The van der Waals surface area contributed by atoms with Gasteiger partial charge in [-0.3, -0.25) is 14.7 Å². The molecule has 1 aliphatic carbocycles. The summed E-state index contributed by atoms with van der Waals surface area (Å²) < 4.78 is 5.52. The van der Waals surface area contributed by atoms with Crippen LogP contribution in [0.15, 0.2) is 29.3 Å². The van der Waals surface area contributed by atoms with E-state index in [-0.39, 0.29) is 12.5 Å². The molecular weight excluding hydrogens is 378 g/mol. The predicted molar refractivity (Wildman–Crippen MR) is 120 cm³/mol. The van der Waals surface area contributed by atoms with E-state index in [2.05, 4.69) is 22.5 Å². The summed E-state index contributed by atoms with van der Waals surface area (Å²) in [5.41, 5.74) is 0.862. The van der Waals surface area contributed by atoms with Crippen molar-refractivity contribution in [3.05, 3.63) is 24.3 Å². The molecule has 0 spiro atoms. The van der Waals surface area contributed by atoms with E-state index in [0.717, 1.165) is 42.9 Å². The summed E-state index contributed by atoms with van der Waals surface area (Å²) in [6.07, 6.45) is 7.50. The minimum Gasteiger partial charge on any atom is -0.482 e. The Morgan fingerprint density at radius 2 is 2.07 bits per heavy atom. The Labute approximate surface area is 179 Å². The Kier molecular flexibility index (Phi) is 7.10. The molecule has 1 saturated heterocycles. The number of benzene rings is 1. The second-order valence-corrected chi connectivity index (χ2v) is 8.48. The molecule has 30 heavy (non-hydrogen) atoms. The molecule has 7 nitrogen and oxygen atoms in total. The lowest BCUT2D eigenvalue weighted by atomic mass is 10.2. The average Bonchev–Trinajstić information content (AvgIpc) is 3.44. The predicted octanol–water partition coefficient (Wildman–Crippen LogP) is 2.37. The molecule has 2 aliphatic heterocycles. The maximum Gasteiger partial charge on any atom is 0.265 e. The van der Waals surface area contributed by atoms with Crippen LogP contribution in [0.4, 0.5) is 5.69 Å². The maximum atomic E-state index is 12.3. The van der Waals surface area contributed by atoms with Crippen molar-refractivity contribution in [1.29, 1.82) is 0 Å². The Bertz CT molecular complexity index is 747. The molecule has 2 fully saturated rings. The molecule has 1 unspecified atom stereocenters. The van der Waals surface area contributed by atoms with Gasteiger partial charge in [0.1, 0.15) is 5.75 Å². The van der Waals surface area contributed by atoms with Gasteiger partial charge in [-0.1, -0.05) is 25.0 Å². The number of amides is 1. The number of ether oxygens (including phenoxy) is 1. The number of aliphatic imine (C=N–C) groups is 1. The fourth-order valence-corrected chi connectivity index (χ4v) is 4.84. The summed E-state index contributed by atoms with van der Waals surface area (Å²) in [5.74, 6) is 1.69. The number of anilines is 1. The van der Waals surface area contributed by atoms with E-state index >= 15 is 0 Å². The van der Waals surface area contributed by atoms with Crippen LogP contribution in [0, 0.1) is 0 Å². The first-order valence-corrected chi connectivity index (χ1v) is 11.6. The summed E-state index contributed by atoms with van der Waals surface area (Å²) in [6.45, 7) is 6.71. The lowest BCUT2D eigenvalue weighted by Crippen LogP contribution is -2.45. The van der Waals surface area contributed by atoms with Gasteiger partial charge >= 0.3 is 0 Å². The molecule has 7 heteroatoms. The fourth-order valence-electron chi connectivity index (χ4n) is 4.84. The molecule has 2 heterocycles. The SMILES string of the molecule is CCNC(=NCCCN1C(=O)COc2ccccc21)NC1CCN(C2CCCC2)C1. The minimum atomic E-state index is 0.0145. The largest absolute Gasteiger partial charge is 0.482 e. The lowest BCUT2D eigenvalue weighted by Gasteiger charge is -2.29. The van der Waals surface area contributed by atoms with Gasteiger partial charge in [-0.05, 0) is 44.7 Å². The molecule has 2 N–H and O–H groups in total. The zero-order chi connectivity index (χ0) is 20.8. The summed E-state index contributed by atoms with van der Waals surface area (Å²) in [6, 6.07) is 8.99. The number of likely N-dealkylation sites (tertiary alicyclic amines) is 1. The minimum absolute atomic E-state index is 0.0145. The smallest absolute Gasteiger partial charge is 0.265 e. The van der Waals surface area contributed by atoms with Gasteiger partial charge in [0.15, 0.2) is 12.6 Å². The van der Waals surface area contributed by atoms with Crippen LogP contribution in [0.3, 0.4) is 0 Å². The van der Waals surface area contributed by atoms with E-state index in [1.54, 1.807) is 0 Å². The van der Waals surface area contributed by atoms with Gasteiger partial charge in [0.25, 0.3) is 5.91 Å². The summed E-state index contributed by atoms with van der Waals surface area (Å²) in [5, 5.41) is 7.01. The quantitative estimate of drug-likeness (QED) is 0.408. The van der Waals surface area contributed by atoms with E-state index in [1.807, 2.05) is 29.2 Å². The van der Waals surface area contributed by atoms with E-state index in [4.69, 9.17) is 9.73 Å². The summed E-state index contributed by atoms with van der Waals surface area (Å²) >= 11 is 0. The van der Waals surface area contributed by atoms with Crippen molar-refractivity contribution >= 4 is 17.6 Å².